The Bertz CT molecular complexity index is 880. The topological polar surface area (TPSA) is 66.5 Å². The van der Waals surface area contributed by atoms with Crippen molar-refractivity contribution in [2.45, 2.75) is 32.2 Å². The molecule has 0 bridgehead atoms. The van der Waals surface area contributed by atoms with Crippen molar-refractivity contribution < 1.29 is 13.2 Å². The molecule has 2 rings (SSSR count). The van der Waals surface area contributed by atoms with E-state index in [9.17, 15) is 13.2 Å². The van der Waals surface area contributed by atoms with Crippen LogP contribution in [0.1, 0.15) is 25.0 Å². The molecule has 2 aromatic rings. The second-order valence-corrected chi connectivity index (χ2v) is 9.29. The van der Waals surface area contributed by atoms with Crippen LogP contribution in [0.4, 0.5) is 0 Å². The van der Waals surface area contributed by atoms with Gasteiger partial charge in [0.05, 0.1) is 11.4 Å². The van der Waals surface area contributed by atoms with Gasteiger partial charge in [-0.2, -0.15) is 4.31 Å². The minimum absolute atomic E-state index is 0.108. The molecule has 0 saturated carbocycles. The smallest absolute Gasteiger partial charge is 0.243 e. The molecule has 7 heteroatoms. The molecule has 0 saturated heterocycles. The summed E-state index contributed by atoms with van der Waals surface area (Å²) >= 11 is 5.87. The highest BCUT2D eigenvalue weighted by Crippen LogP contribution is 2.20. The molecule has 146 valence electrons. The molecule has 0 aromatic heterocycles. The third-order valence-corrected chi connectivity index (χ3v) is 5.98. The SMILES string of the molecule is Cc1cccc(CN(CC(=O)NCC(C)C)S(=O)(=O)c2ccc(Cl)cc2)c1. The average Bonchev–Trinajstić information content (AvgIpc) is 2.60. The van der Waals surface area contributed by atoms with Crippen molar-refractivity contribution in [3.63, 3.8) is 0 Å². The van der Waals surface area contributed by atoms with Gasteiger partial charge in [-0.15, -0.1) is 0 Å². The van der Waals surface area contributed by atoms with Gasteiger partial charge < -0.3 is 5.32 Å². The van der Waals surface area contributed by atoms with Gasteiger partial charge in [-0.05, 0) is 42.7 Å². The third kappa shape index (κ3) is 6.34. The average molecular weight is 409 g/mol. The minimum Gasteiger partial charge on any atom is -0.355 e. The number of hydrogen-bond donors (Lipinski definition) is 1. The van der Waals surface area contributed by atoms with E-state index in [0.717, 1.165) is 11.1 Å². The zero-order valence-electron chi connectivity index (χ0n) is 15.8. The summed E-state index contributed by atoms with van der Waals surface area (Å²) in [5, 5.41) is 3.23. The van der Waals surface area contributed by atoms with Crippen LogP contribution >= 0.6 is 11.6 Å². The summed E-state index contributed by atoms with van der Waals surface area (Å²) in [6, 6.07) is 13.5. The lowest BCUT2D eigenvalue weighted by molar-refractivity contribution is -0.121. The van der Waals surface area contributed by atoms with Crippen LogP contribution in [-0.4, -0.2) is 31.7 Å². The highest BCUT2D eigenvalue weighted by molar-refractivity contribution is 7.89. The molecule has 0 spiro atoms. The number of nitrogens with zero attached hydrogens (tertiary/aromatic N) is 1. The first kappa shape index (κ1) is 21.4. The fourth-order valence-corrected chi connectivity index (χ4v) is 4.04. The van der Waals surface area contributed by atoms with E-state index in [1.54, 1.807) is 0 Å². The Hall–Kier alpha value is -1.89. The van der Waals surface area contributed by atoms with Crippen molar-refractivity contribution >= 4 is 27.5 Å². The normalized spacial score (nSPS) is 11.8. The molecule has 0 fully saturated rings. The molecule has 0 aliphatic carbocycles. The first-order valence-corrected chi connectivity index (χ1v) is 10.6. The Morgan fingerprint density at radius 2 is 1.81 bits per heavy atom. The minimum atomic E-state index is -3.85. The summed E-state index contributed by atoms with van der Waals surface area (Å²) in [5.41, 5.74) is 1.85. The molecule has 0 unspecified atom stereocenters. The molecular weight excluding hydrogens is 384 g/mol. The summed E-state index contributed by atoms with van der Waals surface area (Å²) in [6.45, 7) is 6.27. The van der Waals surface area contributed by atoms with E-state index >= 15 is 0 Å². The van der Waals surface area contributed by atoms with Gasteiger partial charge in [0.25, 0.3) is 0 Å². The van der Waals surface area contributed by atoms with Gasteiger partial charge in [0, 0.05) is 18.1 Å². The van der Waals surface area contributed by atoms with Crippen LogP contribution in [0.25, 0.3) is 0 Å². The number of benzene rings is 2. The second-order valence-electron chi connectivity index (χ2n) is 6.91. The Kier molecular flexibility index (Phi) is 7.41. The monoisotopic (exact) mass is 408 g/mol. The predicted molar refractivity (Wildman–Crippen MR) is 108 cm³/mol. The summed E-state index contributed by atoms with van der Waals surface area (Å²) in [6.07, 6.45) is 0. The Labute approximate surface area is 166 Å². The summed E-state index contributed by atoms with van der Waals surface area (Å²) < 4.78 is 27.4. The van der Waals surface area contributed by atoms with Crippen molar-refractivity contribution in [3.05, 3.63) is 64.7 Å². The molecule has 1 N–H and O–H groups in total. The van der Waals surface area contributed by atoms with Crippen molar-refractivity contribution in [2.24, 2.45) is 5.92 Å². The van der Waals surface area contributed by atoms with Gasteiger partial charge in [0.15, 0.2) is 0 Å². The number of sulfonamides is 1. The maximum atomic E-state index is 13.1. The molecular formula is C20H25ClN2O3S. The maximum Gasteiger partial charge on any atom is 0.243 e. The Morgan fingerprint density at radius 3 is 2.41 bits per heavy atom. The largest absolute Gasteiger partial charge is 0.355 e. The van der Waals surface area contributed by atoms with Crippen molar-refractivity contribution in [2.75, 3.05) is 13.1 Å². The molecule has 1 amide bonds. The lowest BCUT2D eigenvalue weighted by Gasteiger charge is -2.22. The van der Waals surface area contributed by atoms with E-state index in [4.69, 9.17) is 11.6 Å². The number of rotatable bonds is 8. The second kappa shape index (κ2) is 9.35. The van der Waals surface area contributed by atoms with Gasteiger partial charge in [-0.25, -0.2) is 8.42 Å². The van der Waals surface area contributed by atoms with Crippen LogP contribution in [-0.2, 0) is 21.4 Å². The standard InChI is InChI=1S/C20H25ClN2O3S/c1-15(2)12-22-20(24)14-23(13-17-6-4-5-16(3)11-17)27(25,26)19-9-7-18(21)8-10-19/h4-11,15H,12-14H2,1-3H3,(H,22,24). The van der Waals surface area contributed by atoms with Crippen LogP contribution in [0, 0.1) is 12.8 Å². The van der Waals surface area contributed by atoms with Crippen LogP contribution in [0.5, 0.6) is 0 Å². The van der Waals surface area contributed by atoms with E-state index in [-0.39, 0.29) is 29.8 Å². The first-order valence-electron chi connectivity index (χ1n) is 8.76. The van der Waals surface area contributed by atoms with E-state index in [2.05, 4.69) is 5.32 Å². The van der Waals surface area contributed by atoms with Crippen LogP contribution in [0.15, 0.2) is 53.4 Å². The Balaban J connectivity index is 2.30. The number of nitrogens with one attached hydrogen (secondary N) is 1. The highest BCUT2D eigenvalue weighted by Gasteiger charge is 2.27. The summed E-state index contributed by atoms with van der Waals surface area (Å²) in [7, 11) is -3.85. The number of hydrogen-bond acceptors (Lipinski definition) is 3. The van der Waals surface area contributed by atoms with Gasteiger partial charge in [-0.3, -0.25) is 4.79 Å². The number of halogens is 1. The maximum absolute atomic E-state index is 13.1. The van der Waals surface area contributed by atoms with E-state index in [1.807, 2.05) is 45.0 Å². The van der Waals surface area contributed by atoms with Gasteiger partial charge in [0.2, 0.25) is 15.9 Å². The number of carbonyl (C=O) groups excluding carboxylic acids is 1. The van der Waals surface area contributed by atoms with Crippen LogP contribution < -0.4 is 5.32 Å². The predicted octanol–water partition coefficient (Wildman–Crippen LogP) is 3.61. The van der Waals surface area contributed by atoms with Crippen LogP contribution in [0.3, 0.4) is 0 Å². The molecule has 0 atom stereocenters. The number of carbonyl (C=O) groups is 1. The fourth-order valence-electron chi connectivity index (χ4n) is 2.53. The van der Waals surface area contributed by atoms with Gasteiger partial charge >= 0.3 is 0 Å². The van der Waals surface area contributed by atoms with Gasteiger partial charge in [-0.1, -0.05) is 55.3 Å². The molecule has 0 radical (unpaired) electrons. The molecule has 2 aromatic carbocycles. The van der Waals surface area contributed by atoms with Crippen molar-refractivity contribution in [3.8, 4) is 0 Å². The Morgan fingerprint density at radius 1 is 1.15 bits per heavy atom. The lowest BCUT2D eigenvalue weighted by Crippen LogP contribution is -2.41. The zero-order chi connectivity index (χ0) is 20.0. The molecule has 0 aliphatic heterocycles. The van der Waals surface area contributed by atoms with E-state index in [1.165, 1.54) is 28.6 Å². The molecule has 0 heterocycles. The molecule has 5 nitrogen and oxygen atoms in total. The highest BCUT2D eigenvalue weighted by atomic mass is 35.5. The van der Waals surface area contributed by atoms with Crippen molar-refractivity contribution in [1.82, 2.24) is 9.62 Å². The third-order valence-electron chi connectivity index (χ3n) is 3.92. The summed E-state index contributed by atoms with van der Waals surface area (Å²) in [5.74, 6) is -0.0408. The first-order chi connectivity index (χ1) is 12.7. The van der Waals surface area contributed by atoms with Gasteiger partial charge in [0.1, 0.15) is 0 Å². The molecule has 0 aliphatic rings. The number of amides is 1. The molecule has 27 heavy (non-hydrogen) atoms. The van der Waals surface area contributed by atoms with Crippen LogP contribution in [0.2, 0.25) is 5.02 Å². The lowest BCUT2D eigenvalue weighted by atomic mass is 10.1. The van der Waals surface area contributed by atoms with E-state index in [0.29, 0.717) is 11.6 Å². The fraction of sp³-hybridized carbons (Fsp3) is 0.350. The summed E-state index contributed by atoms with van der Waals surface area (Å²) in [4.78, 5) is 12.4. The number of aryl methyl sites for hydroxylation is 1. The zero-order valence-corrected chi connectivity index (χ0v) is 17.3. The quantitative estimate of drug-likeness (QED) is 0.725. The van der Waals surface area contributed by atoms with Crippen molar-refractivity contribution in [1.29, 1.82) is 0 Å². The van der Waals surface area contributed by atoms with E-state index < -0.39 is 10.0 Å².